The third-order valence-corrected chi connectivity index (χ3v) is 0. The van der Waals surface area contributed by atoms with E-state index in [4.69, 9.17) is 30.0 Å². The Morgan fingerprint density at radius 2 is 0.846 bits per heavy atom. The molecule has 0 saturated heterocycles. The predicted molar refractivity (Wildman–Crippen MR) is 50.7 cm³/mol. The Hall–Kier alpha value is -1.46. The Morgan fingerprint density at radius 3 is 0.846 bits per heavy atom. The van der Waals surface area contributed by atoms with Crippen molar-refractivity contribution in [1.29, 1.82) is 0 Å². The number of hydrogen-bond acceptors (Lipinski definition) is 2. The molecule has 0 aliphatic rings. The van der Waals surface area contributed by atoms with E-state index in [2.05, 4.69) is 13.8 Å². The monoisotopic (exact) mass is 200 g/mol. The molecule has 0 atom stereocenters. The smallest absolute Gasteiger partial charge is 0.450 e. The van der Waals surface area contributed by atoms with Crippen molar-refractivity contribution in [2.24, 2.45) is 0 Å². The van der Waals surface area contributed by atoms with Crippen LogP contribution in [0.1, 0.15) is 35.1 Å². The first-order valence-electron chi connectivity index (χ1n) is 2.72. The van der Waals surface area contributed by atoms with Gasteiger partial charge in [0.05, 0.1) is 0 Å². The van der Waals surface area contributed by atoms with Gasteiger partial charge in [-0.15, -0.1) is 0 Å². The number of hydrogen-bond donors (Lipinski definition) is 4. The minimum Gasteiger partial charge on any atom is -0.450 e. The molecule has 0 aliphatic carbocycles. The van der Waals surface area contributed by atoms with E-state index in [-0.39, 0.29) is 14.9 Å². The molecule has 0 amide bonds. The zero-order chi connectivity index (χ0) is 9.86. The summed E-state index contributed by atoms with van der Waals surface area (Å²) in [4.78, 5) is 17.1. The summed E-state index contributed by atoms with van der Waals surface area (Å²) in [7, 11) is 0. The van der Waals surface area contributed by atoms with Gasteiger partial charge >= 0.3 is 12.3 Å². The second-order valence-electron chi connectivity index (χ2n) is 1.27. The van der Waals surface area contributed by atoms with E-state index >= 15 is 0 Å². The third-order valence-electron chi connectivity index (χ3n) is 0. The highest BCUT2D eigenvalue weighted by Gasteiger charge is 1.70. The van der Waals surface area contributed by atoms with Gasteiger partial charge < -0.3 is 20.4 Å². The molecule has 0 aliphatic heterocycles. The fraction of sp³-hybridized carbons (Fsp3) is 0.714. The fourth-order valence-corrected chi connectivity index (χ4v) is 0. The molecule has 0 spiro atoms. The molecule has 0 saturated carbocycles. The highest BCUT2D eigenvalue weighted by atomic mass is 16.6. The highest BCUT2D eigenvalue weighted by Crippen LogP contribution is 1.56. The lowest BCUT2D eigenvalue weighted by Crippen LogP contribution is -1.81. The molecule has 0 aromatic heterocycles. The van der Waals surface area contributed by atoms with Gasteiger partial charge in [0.2, 0.25) is 0 Å². The van der Waals surface area contributed by atoms with E-state index < -0.39 is 12.3 Å². The van der Waals surface area contributed by atoms with Crippen molar-refractivity contribution >= 4 is 12.3 Å². The highest BCUT2D eigenvalue weighted by molar-refractivity contribution is 5.53. The van der Waals surface area contributed by atoms with E-state index in [0.717, 1.165) is 0 Å². The summed E-state index contributed by atoms with van der Waals surface area (Å²) in [6.45, 7) is 4.25. The summed E-state index contributed by atoms with van der Waals surface area (Å²) in [6.07, 6.45) is -2.42. The first kappa shape index (κ1) is 30.0. The Morgan fingerprint density at radius 1 is 0.846 bits per heavy atom. The van der Waals surface area contributed by atoms with Crippen LogP contribution in [0.3, 0.4) is 0 Å². The average molecular weight is 200 g/mol. The molecule has 0 radical (unpaired) electrons. The van der Waals surface area contributed by atoms with Crippen molar-refractivity contribution in [2.75, 3.05) is 0 Å². The van der Waals surface area contributed by atoms with Gasteiger partial charge in [-0.1, -0.05) is 35.1 Å². The van der Waals surface area contributed by atoms with Crippen molar-refractivity contribution in [2.45, 2.75) is 35.1 Å². The van der Waals surface area contributed by atoms with Crippen LogP contribution < -0.4 is 0 Å². The second kappa shape index (κ2) is 31.3. The Labute approximate surface area is 78.5 Å². The Kier molecular flexibility index (Phi) is 72.1. The summed E-state index contributed by atoms with van der Waals surface area (Å²) >= 11 is 0. The molecule has 6 heteroatoms. The Bertz CT molecular complexity index is 81.2. The number of carbonyl (C=O) groups is 2. The fourth-order valence-electron chi connectivity index (χ4n) is 0. The maximum Gasteiger partial charge on any atom is 0.503 e. The van der Waals surface area contributed by atoms with Crippen molar-refractivity contribution in [3.8, 4) is 0 Å². The zero-order valence-electron chi connectivity index (χ0n) is 6.31. The standard InChI is InChI=1S/C3H8.2CH2O3.2CH4/c1-3-2;2*2-1(3)4;;/h3H2,1-2H3;2*(H2,2,3,4);2*1H4. The van der Waals surface area contributed by atoms with Crippen LogP contribution in [0.5, 0.6) is 0 Å². The van der Waals surface area contributed by atoms with Gasteiger partial charge in [0.25, 0.3) is 0 Å². The van der Waals surface area contributed by atoms with Crippen LogP contribution in [0, 0.1) is 0 Å². The maximum atomic E-state index is 8.56. The zero-order valence-corrected chi connectivity index (χ0v) is 6.31. The van der Waals surface area contributed by atoms with Crippen LogP contribution in [0.25, 0.3) is 0 Å². The molecular weight excluding hydrogens is 180 g/mol. The molecule has 0 aromatic carbocycles. The van der Waals surface area contributed by atoms with Crippen LogP contribution in [-0.4, -0.2) is 32.7 Å². The molecule has 0 fully saturated rings. The van der Waals surface area contributed by atoms with E-state index in [0.29, 0.717) is 0 Å². The van der Waals surface area contributed by atoms with Gasteiger partial charge in [0.1, 0.15) is 0 Å². The third kappa shape index (κ3) is 361. The van der Waals surface area contributed by atoms with E-state index in [9.17, 15) is 0 Å². The molecule has 4 N–H and O–H groups in total. The lowest BCUT2D eigenvalue weighted by atomic mass is 10.6. The quantitative estimate of drug-likeness (QED) is 0.477. The first-order valence-corrected chi connectivity index (χ1v) is 2.72. The van der Waals surface area contributed by atoms with Crippen LogP contribution in [0.15, 0.2) is 0 Å². The summed E-state index contributed by atoms with van der Waals surface area (Å²) in [5.74, 6) is 0. The first-order chi connectivity index (χ1) is 4.88. The molecule has 0 heterocycles. The van der Waals surface area contributed by atoms with Gasteiger partial charge in [-0.25, -0.2) is 9.59 Å². The van der Waals surface area contributed by atoms with Crippen molar-refractivity contribution < 1.29 is 30.0 Å². The SMILES string of the molecule is C.C.CCC.O=C(O)O.O=C(O)O. The minimum atomic E-state index is -1.83. The Balaban J connectivity index is -0.0000000231. The van der Waals surface area contributed by atoms with Crippen LogP contribution in [-0.2, 0) is 0 Å². The van der Waals surface area contributed by atoms with Gasteiger partial charge in [-0.2, -0.15) is 0 Å². The normalized spacial score (nSPS) is 5.08. The van der Waals surface area contributed by atoms with Gasteiger partial charge in [-0.3, -0.25) is 0 Å². The van der Waals surface area contributed by atoms with Crippen LogP contribution in [0.4, 0.5) is 9.59 Å². The maximum absolute atomic E-state index is 8.56. The van der Waals surface area contributed by atoms with E-state index in [1.165, 1.54) is 6.42 Å². The summed E-state index contributed by atoms with van der Waals surface area (Å²) in [5, 5.41) is 27.9. The van der Waals surface area contributed by atoms with Crippen molar-refractivity contribution in [3.63, 3.8) is 0 Å². The van der Waals surface area contributed by atoms with E-state index in [1.54, 1.807) is 0 Å². The molecule has 0 aromatic rings. The molecule has 6 nitrogen and oxygen atoms in total. The molecule has 13 heavy (non-hydrogen) atoms. The van der Waals surface area contributed by atoms with E-state index in [1.807, 2.05) is 0 Å². The lowest BCUT2D eigenvalue weighted by molar-refractivity contribution is 0.135. The van der Waals surface area contributed by atoms with Gasteiger partial charge in [0.15, 0.2) is 0 Å². The minimum absolute atomic E-state index is 0. The van der Waals surface area contributed by atoms with Crippen molar-refractivity contribution in [3.05, 3.63) is 0 Å². The lowest BCUT2D eigenvalue weighted by Gasteiger charge is -1.60. The van der Waals surface area contributed by atoms with Crippen LogP contribution in [0.2, 0.25) is 0 Å². The van der Waals surface area contributed by atoms with Gasteiger partial charge in [0, 0.05) is 0 Å². The molecular formula is C7H20O6. The van der Waals surface area contributed by atoms with Crippen LogP contribution >= 0.6 is 0 Å². The topological polar surface area (TPSA) is 115 Å². The van der Waals surface area contributed by atoms with Gasteiger partial charge in [-0.05, 0) is 0 Å². The largest absolute Gasteiger partial charge is 0.503 e. The molecule has 0 rings (SSSR count). The molecule has 0 bridgehead atoms. The summed E-state index contributed by atoms with van der Waals surface area (Å²) in [5.41, 5.74) is 0. The predicted octanol–water partition coefficient (Wildman–Crippen LogP) is 3.13. The second-order valence-corrected chi connectivity index (χ2v) is 1.27. The molecule has 0 unspecified atom stereocenters. The summed E-state index contributed by atoms with van der Waals surface area (Å²) in [6, 6.07) is 0. The van der Waals surface area contributed by atoms with Crippen molar-refractivity contribution in [1.82, 2.24) is 0 Å². The number of carboxylic acid groups (broad SMARTS) is 4. The summed E-state index contributed by atoms with van der Waals surface area (Å²) < 4.78 is 0. The molecule has 84 valence electrons. The average Bonchev–Trinajstić information content (AvgIpc) is 1.60. The number of rotatable bonds is 0.